The summed E-state index contributed by atoms with van der Waals surface area (Å²) in [6, 6.07) is -0.662. The van der Waals surface area contributed by atoms with E-state index in [1.807, 2.05) is 6.92 Å². The van der Waals surface area contributed by atoms with Gasteiger partial charge in [-0.25, -0.2) is 0 Å². The molecule has 0 aromatic heterocycles. The Hall–Kier alpha value is 0.01000. The molecule has 0 spiro atoms. The van der Waals surface area contributed by atoms with Crippen LogP contribution < -0.4 is 5.73 Å². The molecule has 0 aliphatic carbocycles. The fraction of sp³-hybridized carbons (Fsp3) is 0.833. The number of aliphatic carboxylic acids is 1. The molecule has 0 fully saturated rings. The van der Waals surface area contributed by atoms with Gasteiger partial charge in [-0.2, -0.15) is 0 Å². The highest BCUT2D eigenvalue weighted by molar-refractivity contribution is 5.85. The van der Waals surface area contributed by atoms with Crippen molar-refractivity contribution in [3.8, 4) is 0 Å². The molecule has 0 saturated carbocycles. The molecular formula is C6H15Cl2NO2. The Kier molecular flexibility index (Phi) is 15.6. The Morgan fingerprint density at radius 2 is 2.00 bits per heavy atom. The molecule has 5 heteroatoms. The smallest absolute Gasteiger partial charge is 0.320 e. The van der Waals surface area contributed by atoms with Crippen LogP contribution in [0.5, 0.6) is 0 Å². The van der Waals surface area contributed by atoms with Crippen LogP contribution >= 0.6 is 24.8 Å². The number of unbranched alkanes of at least 4 members (excludes halogenated alkanes) is 1. The van der Waals surface area contributed by atoms with Gasteiger partial charge in [0.25, 0.3) is 0 Å². The van der Waals surface area contributed by atoms with Crippen LogP contribution in [0.3, 0.4) is 0 Å². The average Bonchev–Trinajstić information content (AvgIpc) is 1.82. The molecule has 3 N–H and O–H groups in total. The zero-order valence-corrected chi connectivity index (χ0v) is 8.08. The number of carboxylic acids is 1. The Labute approximate surface area is 79.2 Å². The van der Waals surface area contributed by atoms with Crippen LogP contribution in [-0.2, 0) is 4.79 Å². The minimum absolute atomic E-state index is 0. The van der Waals surface area contributed by atoms with Gasteiger partial charge in [0.15, 0.2) is 0 Å². The third-order valence-electron chi connectivity index (χ3n) is 1.19. The third-order valence-corrected chi connectivity index (χ3v) is 1.19. The standard InChI is InChI=1S/C6H13NO2.2ClH/c1-2-3-4-5(7)6(8)9;;/h5H,2-4,7H2,1H3,(H,8,9);2*1H/t5-;;/m0../s1. The molecule has 0 amide bonds. The first-order chi connectivity index (χ1) is 4.18. The fourth-order valence-electron chi connectivity index (χ4n) is 0.548. The largest absolute Gasteiger partial charge is 0.480 e. The lowest BCUT2D eigenvalue weighted by Crippen LogP contribution is -2.29. The van der Waals surface area contributed by atoms with Gasteiger partial charge in [-0.05, 0) is 6.42 Å². The number of rotatable bonds is 4. The summed E-state index contributed by atoms with van der Waals surface area (Å²) >= 11 is 0. The lowest BCUT2D eigenvalue weighted by atomic mass is 10.1. The third kappa shape index (κ3) is 10.0. The average molecular weight is 204 g/mol. The minimum atomic E-state index is -0.900. The molecule has 11 heavy (non-hydrogen) atoms. The predicted molar refractivity (Wildman–Crippen MR) is 49.6 cm³/mol. The van der Waals surface area contributed by atoms with E-state index in [1.165, 1.54) is 0 Å². The molecule has 0 aromatic rings. The van der Waals surface area contributed by atoms with Gasteiger partial charge in [0.1, 0.15) is 6.04 Å². The molecule has 0 rings (SSSR count). The van der Waals surface area contributed by atoms with Gasteiger partial charge in [-0.3, -0.25) is 4.79 Å². The molecule has 0 unspecified atom stereocenters. The molecule has 1 atom stereocenters. The van der Waals surface area contributed by atoms with Crippen LogP contribution in [0.1, 0.15) is 26.2 Å². The van der Waals surface area contributed by atoms with Gasteiger partial charge in [0, 0.05) is 0 Å². The van der Waals surface area contributed by atoms with Crippen molar-refractivity contribution in [2.45, 2.75) is 32.2 Å². The van der Waals surface area contributed by atoms with Crippen molar-refractivity contribution in [1.29, 1.82) is 0 Å². The first-order valence-electron chi connectivity index (χ1n) is 3.17. The Balaban J connectivity index is -0.000000320. The van der Waals surface area contributed by atoms with E-state index in [1.54, 1.807) is 0 Å². The maximum atomic E-state index is 10.1. The quantitative estimate of drug-likeness (QED) is 0.728. The lowest BCUT2D eigenvalue weighted by Gasteiger charge is -2.02. The van der Waals surface area contributed by atoms with Crippen LogP contribution in [0.25, 0.3) is 0 Å². The van der Waals surface area contributed by atoms with E-state index in [-0.39, 0.29) is 24.8 Å². The van der Waals surface area contributed by atoms with E-state index in [4.69, 9.17) is 10.8 Å². The first-order valence-corrected chi connectivity index (χ1v) is 3.17. The van der Waals surface area contributed by atoms with E-state index in [9.17, 15) is 4.79 Å². The van der Waals surface area contributed by atoms with Crippen molar-refractivity contribution in [2.24, 2.45) is 5.73 Å². The van der Waals surface area contributed by atoms with Gasteiger partial charge in [0.2, 0.25) is 0 Å². The van der Waals surface area contributed by atoms with Gasteiger partial charge < -0.3 is 10.8 Å². The van der Waals surface area contributed by atoms with Crippen LogP contribution in [-0.4, -0.2) is 17.1 Å². The van der Waals surface area contributed by atoms with Crippen LogP contribution in [0.15, 0.2) is 0 Å². The summed E-state index contributed by atoms with van der Waals surface area (Å²) in [5.74, 6) is -0.900. The summed E-state index contributed by atoms with van der Waals surface area (Å²) in [6.07, 6.45) is 2.49. The van der Waals surface area contributed by atoms with E-state index >= 15 is 0 Å². The molecule has 0 aliphatic rings. The summed E-state index contributed by atoms with van der Waals surface area (Å²) in [7, 11) is 0. The van der Waals surface area contributed by atoms with E-state index in [2.05, 4.69) is 0 Å². The molecule has 0 heterocycles. The molecule has 70 valence electrons. The highest BCUT2D eigenvalue weighted by Gasteiger charge is 2.08. The van der Waals surface area contributed by atoms with Crippen molar-refractivity contribution in [1.82, 2.24) is 0 Å². The highest BCUT2D eigenvalue weighted by atomic mass is 35.5. The van der Waals surface area contributed by atoms with Crippen molar-refractivity contribution >= 4 is 30.8 Å². The fourth-order valence-corrected chi connectivity index (χ4v) is 0.548. The first kappa shape index (κ1) is 17.2. The summed E-state index contributed by atoms with van der Waals surface area (Å²) < 4.78 is 0. The molecular weight excluding hydrogens is 189 g/mol. The number of hydrogen-bond acceptors (Lipinski definition) is 2. The SMILES string of the molecule is CCCC[C@H](N)C(=O)O.Cl.Cl. The van der Waals surface area contributed by atoms with Crippen LogP contribution in [0.2, 0.25) is 0 Å². The molecule has 3 nitrogen and oxygen atoms in total. The Morgan fingerprint density at radius 1 is 1.55 bits per heavy atom. The molecule has 0 saturated heterocycles. The maximum absolute atomic E-state index is 10.1. The minimum Gasteiger partial charge on any atom is -0.480 e. The number of carboxylic acid groups (broad SMARTS) is 1. The van der Waals surface area contributed by atoms with Gasteiger partial charge >= 0.3 is 5.97 Å². The normalized spacial score (nSPS) is 10.7. The zero-order chi connectivity index (χ0) is 7.28. The molecule has 0 aliphatic heterocycles. The number of halogens is 2. The van der Waals surface area contributed by atoms with Crippen molar-refractivity contribution in [3.63, 3.8) is 0 Å². The Morgan fingerprint density at radius 3 is 2.27 bits per heavy atom. The number of carbonyl (C=O) groups is 1. The van der Waals surface area contributed by atoms with Gasteiger partial charge in [-0.15, -0.1) is 24.8 Å². The van der Waals surface area contributed by atoms with Crippen molar-refractivity contribution < 1.29 is 9.90 Å². The predicted octanol–water partition coefficient (Wildman–Crippen LogP) is 1.43. The van der Waals surface area contributed by atoms with Gasteiger partial charge in [-0.1, -0.05) is 19.8 Å². The number of hydrogen-bond donors (Lipinski definition) is 2. The number of nitrogens with two attached hydrogens (primary N) is 1. The van der Waals surface area contributed by atoms with Crippen LogP contribution in [0.4, 0.5) is 0 Å². The van der Waals surface area contributed by atoms with E-state index < -0.39 is 12.0 Å². The van der Waals surface area contributed by atoms with Crippen LogP contribution in [0, 0.1) is 0 Å². The Bertz CT molecular complexity index is 101. The summed E-state index contributed by atoms with van der Waals surface area (Å²) in [4.78, 5) is 10.1. The molecule has 0 bridgehead atoms. The summed E-state index contributed by atoms with van der Waals surface area (Å²) in [6.45, 7) is 2.01. The summed E-state index contributed by atoms with van der Waals surface area (Å²) in [5.41, 5.74) is 5.20. The molecule has 0 aromatic carbocycles. The second kappa shape index (κ2) is 10.0. The van der Waals surface area contributed by atoms with Crippen molar-refractivity contribution in [2.75, 3.05) is 0 Å². The molecule has 0 radical (unpaired) electrons. The maximum Gasteiger partial charge on any atom is 0.320 e. The highest BCUT2D eigenvalue weighted by Crippen LogP contribution is 1.96. The topological polar surface area (TPSA) is 63.3 Å². The lowest BCUT2D eigenvalue weighted by molar-refractivity contribution is -0.138. The van der Waals surface area contributed by atoms with Crippen molar-refractivity contribution in [3.05, 3.63) is 0 Å². The summed E-state index contributed by atoms with van der Waals surface area (Å²) in [5, 5.41) is 8.28. The van der Waals surface area contributed by atoms with Gasteiger partial charge in [0.05, 0.1) is 0 Å². The zero-order valence-electron chi connectivity index (χ0n) is 6.45. The second-order valence-corrected chi connectivity index (χ2v) is 2.09. The van der Waals surface area contributed by atoms with E-state index in [0.717, 1.165) is 12.8 Å². The van der Waals surface area contributed by atoms with E-state index in [0.29, 0.717) is 6.42 Å². The monoisotopic (exact) mass is 203 g/mol. The second-order valence-electron chi connectivity index (χ2n) is 2.09.